The molecule has 1 aliphatic carbocycles. The molecule has 1 aromatic heterocycles. The smallest absolute Gasteiger partial charge is 0.354 e. The van der Waals surface area contributed by atoms with E-state index in [-0.39, 0.29) is 5.97 Å². The highest BCUT2D eigenvalue weighted by atomic mass is 16.5. The molecule has 3 nitrogen and oxygen atoms in total. The van der Waals surface area contributed by atoms with Gasteiger partial charge in [-0.25, -0.2) is 4.79 Å². The third kappa shape index (κ3) is 1.62. The molecule has 0 radical (unpaired) electrons. The van der Waals surface area contributed by atoms with E-state index in [0.717, 1.165) is 23.7 Å². The number of aromatic nitrogens is 1. The molecule has 0 bridgehead atoms. The first-order chi connectivity index (χ1) is 8.29. The van der Waals surface area contributed by atoms with E-state index in [4.69, 9.17) is 4.74 Å². The topological polar surface area (TPSA) is 42.1 Å². The number of aromatic amines is 1. The van der Waals surface area contributed by atoms with Crippen LogP contribution in [0.2, 0.25) is 0 Å². The van der Waals surface area contributed by atoms with Crippen molar-refractivity contribution in [2.45, 2.75) is 26.2 Å². The third-order valence-electron chi connectivity index (χ3n) is 3.37. The Morgan fingerprint density at radius 3 is 3.12 bits per heavy atom. The lowest BCUT2D eigenvalue weighted by Gasteiger charge is -2.00. The minimum atomic E-state index is -0.268. The number of rotatable bonds is 2. The van der Waals surface area contributed by atoms with E-state index in [2.05, 4.69) is 17.1 Å². The highest BCUT2D eigenvalue weighted by Crippen LogP contribution is 2.29. The van der Waals surface area contributed by atoms with Crippen LogP contribution in [0.15, 0.2) is 18.2 Å². The van der Waals surface area contributed by atoms with Gasteiger partial charge in [0.25, 0.3) is 0 Å². The van der Waals surface area contributed by atoms with Crippen LogP contribution in [0, 0.1) is 0 Å². The first-order valence-electron chi connectivity index (χ1n) is 6.10. The molecular weight excluding hydrogens is 214 g/mol. The summed E-state index contributed by atoms with van der Waals surface area (Å²) in [6.07, 6.45) is 3.47. The van der Waals surface area contributed by atoms with Crippen molar-refractivity contribution in [2.24, 2.45) is 0 Å². The Bertz CT molecular complexity index is 583. The van der Waals surface area contributed by atoms with Crippen molar-refractivity contribution in [3.05, 3.63) is 35.0 Å². The van der Waals surface area contributed by atoms with Crippen molar-refractivity contribution in [1.82, 2.24) is 4.98 Å². The molecule has 17 heavy (non-hydrogen) atoms. The predicted molar refractivity (Wildman–Crippen MR) is 66.3 cm³/mol. The number of nitrogens with one attached hydrogen (secondary N) is 1. The van der Waals surface area contributed by atoms with Crippen LogP contribution in [0.25, 0.3) is 10.9 Å². The van der Waals surface area contributed by atoms with Gasteiger partial charge in [0.2, 0.25) is 0 Å². The Labute approximate surface area is 99.8 Å². The van der Waals surface area contributed by atoms with Gasteiger partial charge in [-0.15, -0.1) is 0 Å². The molecule has 0 fully saturated rings. The first-order valence-corrected chi connectivity index (χ1v) is 6.10. The van der Waals surface area contributed by atoms with Crippen molar-refractivity contribution < 1.29 is 9.53 Å². The second kappa shape index (κ2) is 3.91. The van der Waals surface area contributed by atoms with E-state index in [9.17, 15) is 4.79 Å². The Morgan fingerprint density at radius 1 is 1.41 bits per heavy atom. The molecule has 0 spiro atoms. The van der Waals surface area contributed by atoms with Gasteiger partial charge >= 0.3 is 5.97 Å². The fourth-order valence-corrected chi connectivity index (χ4v) is 2.60. The van der Waals surface area contributed by atoms with Crippen LogP contribution >= 0.6 is 0 Å². The minimum Gasteiger partial charge on any atom is -0.461 e. The second-order valence-corrected chi connectivity index (χ2v) is 4.42. The van der Waals surface area contributed by atoms with E-state index in [1.54, 1.807) is 0 Å². The fourth-order valence-electron chi connectivity index (χ4n) is 2.60. The third-order valence-corrected chi connectivity index (χ3v) is 3.37. The number of ether oxygens (including phenoxy) is 1. The fraction of sp³-hybridized carbons (Fsp3) is 0.357. The Balaban J connectivity index is 2.10. The van der Waals surface area contributed by atoms with E-state index in [0.29, 0.717) is 12.3 Å². The van der Waals surface area contributed by atoms with Crippen molar-refractivity contribution in [2.75, 3.05) is 6.61 Å². The van der Waals surface area contributed by atoms with Gasteiger partial charge in [-0.2, -0.15) is 0 Å². The molecule has 0 unspecified atom stereocenters. The van der Waals surface area contributed by atoms with Gasteiger partial charge in [-0.1, -0.05) is 12.1 Å². The summed E-state index contributed by atoms with van der Waals surface area (Å²) < 4.78 is 5.01. The van der Waals surface area contributed by atoms with Crippen LogP contribution in [0.4, 0.5) is 0 Å². The van der Waals surface area contributed by atoms with Crippen LogP contribution in [-0.2, 0) is 17.6 Å². The summed E-state index contributed by atoms with van der Waals surface area (Å²) >= 11 is 0. The van der Waals surface area contributed by atoms with E-state index < -0.39 is 0 Å². The number of benzene rings is 1. The molecule has 3 heteroatoms. The normalized spacial score (nSPS) is 13.9. The van der Waals surface area contributed by atoms with Crippen LogP contribution < -0.4 is 0 Å². The molecular formula is C14H15NO2. The van der Waals surface area contributed by atoms with E-state index >= 15 is 0 Å². The Morgan fingerprint density at radius 2 is 2.29 bits per heavy atom. The summed E-state index contributed by atoms with van der Waals surface area (Å²) in [6.45, 7) is 2.23. The Hall–Kier alpha value is -1.77. The molecule has 1 aromatic carbocycles. The van der Waals surface area contributed by atoms with E-state index in [1.165, 1.54) is 17.5 Å². The zero-order chi connectivity index (χ0) is 11.8. The average molecular weight is 229 g/mol. The van der Waals surface area contributed by atoms with Crippen LogP contribution in [-0.4, -0.2) is 17.6 Å². The number of hydrogen-bond acceptors (Lipinski definition) is 2. The lowest BCUT2D eigenvalue weighted by atomic mass is 10.1. The summed E-state index contributed by atoms with van der Waals surface area (Å²) in [5.41, 5.74) is 4.46. The standard InChI is InChI=1S/C14H15NO2/c1-2-17-14(16)12-8-10-7-6-9-4-3-5-11(9)13(10)15-12/h6-8,15H,2-5H2,1H3. The molecule has 1 heterocycles. The van der Waals surface area contributed by atoms with Gasteiger partial charge in [0, 0.05) is 10.9 Å². The van der Waals surface area contributed by atoms with Gasteiger partial charge in [-0.05, 0) is 43.4 Å². The number of hydrogen-bond donors (Lipinski definition) is 1. The monoisotopic (exact) mass is 229 g/mol. The molecule has 1 N–H and O–H groups in total. The summed E-state index contributed by atoms with van der Waals surface area (Å²) in [5, 5.41) is 1.11. The number of aryl methyl sites for hydroxylation is 2. The van der Waals surface area contributed by atoms with Crippen molar-refractivity contribution in [3.63, 3.8) is 0 Å². The molecule has 0 saturated heterocycles. The number of carbonyl (C=O) groups excluding carboxylic acids is 1. The lowest BCUT2D eigenvalue weighted by Crippen LogP contribution is -2.04. The maximum absolute atomic E-state index is 11.7. The zero-order valence-corrected chi connectivity index (χ0v) is 9.88. The van der Waals surface area contributed by atoms with E-state index in [1.807, 2.05) is 13.0 Å². The average Bonchev–Trinajstić information content (AvgIpc) is 2.94. The molecule has 0 saturated carbocycles. The molecule has 2 aromatic rings. The molecule has 88 valence electrons. The van der Waals surface area contributed by atoms with Crippen LogP contribution in [0.1, 0.15) is 35.0 Å². The summed E-state index contributed by atoms with van der Waals surface area (Å²) in [7, 11) is 0. The highest BCUT2D eigenvalue weighted by Gasteiger charge is 2.17. The van der Waals surface area contributed by atoms with Gasteiger partial charge in [0.05, 0.1) is 6.61 Å². The van der Waals surface area contributed by atoms with Gasteiger partial charge in [-0.3, -0.25) is 0 Å². The minimum absolute atomic E-state index is 0.268. The van der Waals surface area contributed by atoms with Crippen LogP contribution in [0.3, 0.4) is 0 Å². The van der Waals surface area contributed by atoms with Crippen molar-refractivity contribution >= 4 is 16.9 Å². The SMILES string of the molecule is CCOC(=O)c1cc2ccc3c(c2[nH]1)CCC3. The largest absolute Gasteiger partial charge is 0.461 e. The highest BCUT2D eigenvalue weighted by molar-refractivity contribution is 5.96. The number of esters is 1. The molecule has 0 atom stereocenters. The zero-order valence-electron chi connectivity index (χ0n) is 9.88. The van der Waals surface area contributed by atoms with Gasteiger partial charge in [0.15, 0.2) is 0 Å². The molecule has 0 aliphatic heterocycles. The van der Waals surface area contributed by atoms with Gasteiger partial charge < -0.3 is 9.72 Å². The summed E-state index contributed by atoms with van der Waals surface area (Å²) in [6, 6.07) is 6.14. The lowest BCUT2D eigenvalue weighted by molar-refractivity contribution is 0.0520. The van der Waals surface area contributed by atoms with Gasteiger partial charge in [0.1, 0.15) is 5.69 Å². The van der Waals surface area contributed by atoms with Crippen LogP contribution in [0.5, 0.6) is 0 Å². The molecule has 3 rings (SSSR count). The number of fused-ring (bicyclic) bond motifs is 3. The maximum atomic E-state index is 11.7. The summed E-state index contributed by atoms with van der Waals surface area (Å²) in [4.78, 5) is 14.9. The van der Waals surface area contributed by atoms with Crippen molar-refractivity contribution in [1.29, 1.82) is 0 Å². The quantitative estimate of drug-likeness (QED) is 0.804. The summed E-state index contributed by atoms with van der Waals surface area (Å²) in [5.74, 6) is -0.268. The van der Waals surface area contributed by atoms with Crippen molar-refractivity contribution in [3.8, 4) is 0 Å². The number of carbonyl (C=O) groups is 1. The Kier molecular flexibility index (Phi) is 2.39. The molecule has 1 aliphatic rings. The predicted octanol–water partition coefficient (Wildman–Crippen LogP) is 2.83. The number of H-pyrrole nitrogens is 1. The molecule has 0 amide bonds. The maximum Gasteiger partial charge on any atom is 0.354 e. The second-order valence-electron chi connectivity index (χ2n) is 4.42. The first kappa shape index (κ1) is 10.4.